The molecule has 1 saturated heterocycles. The van der Waals surface area contributed by atoms with Crippen LogP contribution < -0.4 is 10.1 Å². The van der Waals surface area contributed by atoms with Gasteiger partial charge in [-0.3, -0.25) is 14.4 Å². The Morgan fingerprint density at radius 2 is 1.95 bits per heavy atom. The monoisotopic (exact) mass is 524 g/mol. The van der Waals surface area contributed by atoms with E-state index in [0.29, 0.717) is 44.1 Å². The zero-order chi connectivity index (χ0) is 25.9. The highest BCUT2D eigenvalue weighted by Gasteiger charge is 2.38. The largest absolute Gasteiger partial charge is 0.494 e. The van der Waals surface area contributed by atoms with Crippen molar-refractivity contribution in [3.05, 3.63) is 58.7 Å². The van der Waals surface area contributed by atoms with Crippen molar-refractivity contribution in [2.45, 2.75) is 38.6 Å². The SMILES string of the molecule is Cc1cc(C(=O)N2C[C@@H]3NC(=O)CN(C(=O)c4nsnc4C)CCCCOc4cccc(c4)[C@H]3C2)no1. The highest BCUT2D eigenvalue weighted by molar-refractivity contribution is 6.99. The average Bonchev–Trinajstić information content (AvgIpc) is 3.62. The quantitative estimate of drug-likeness (QED) is 0.540. The first-order valence-electron chi connectivity index (χ1n) is 12.2. The molecule has 1 N–H and O–H groups in total. The van der Waals surface area contributed by atoms with Crippen LogP contribution in [0.25, 0.3) is 0 Å². The van der Waals surface area contributed by atoms with Gasteiger partial charge in [-0.25, -0.2) is 0 Å². The summed E-state index contributed by atoms with van der Waals surface area (Å²) in [5.41, 5.74) is 2.01. The minimum Gasteiger partial charge on any atom is -0.494 e. The Kier molecular flexibility index (Phi) is 7.17. The van der Waals surface area contributed by atoms with Crippen molar-refractivity contribution < 1.29 is 23.6 Å². The smallest absolute Gasteiger partial charge is 0.276 e. The zero-order valence-electron chi connectivity index (χ0n) is 20.7. The van der Waals surface area contributed by atoms with Gasteiger partial charge in [0.25, 0.3) is 11.8 Å². The molecule has 0 radical (unpaired) electrons. The maximum atomic E-state index is 13.2. The normalized spacial score (nSPS) is 20.5. The molecular formula is C25H28N6O5S. The number of nitrogens with zero attached hydrogens (tertiary/aromatic N) is 5. The van der Waals surface area contributed by atoms with Crippen molar-refractivity contribution in [3.8, 4) is 5.75 Å². The molecule has 12 heteroatoms. The summed E-state index contributed by atoms with van der Waals surface area (Å²) in [6.07, 6.45) is 1.39. The third-order valence-electron chi connectivity index (χ3n) is 6.65. The molecule has 3 amide bonds. The zero-order valence-corrected chi connectivity index (χ0v) is 21.5. The van der Waals surface area contributed by atoms with Gasteiger partial charge in [0.1, 0.15) is 11.5 Å². The number of benzene rings is 1. The molecule has 5 rings (SSSR count). The molecule has 2 aliphatic rings. The van der Waals surface area contributed by atoms with Crippen molar-refractivity contribution in [3.63, 3.8) is 0 Å². The number of aryl methyl sites for hydroxylation is 2. The number of carbonyl (C=O) groups is 3. The van der Waals surface area contributed by atoms with Crippen molar-refractivity contribution in [2.75, 3.05) is 32.8 Å². The summed E-state index contributed by atoms with van der Waals surface area (Å²) in [4.78, 5) is 42.7. The van der Waals surface area contributed by atoms with Crippen LogP contribution in [0.15, 0.2) is 34.9 Å². The lowest BCUT2D eigenvalue weighted by molar-refractivity contribution is -0.122. The Bertz CT molecular complexity index is 1310. The second-order valence-corrected chi connectivity index (χ2v) is 9.89. The fourth-order valence-corrected chi connectivity index (χ4v) is 5.31. The first-order chi connectivity index (χ1) is 17.9. The van der Waals surface area contributed by atoms with E-state index < -0.39 is 0 Å². The van der Waals surface area contributed by atoms with Crippen LogP contribution in [0.5, 0.6) is 5.75 Å². The second-order valence-electron chi connectivity index (χ2n) is 9.37. The number of amides is 3. The number of carbonyl (C=O) groups excluding carboxylic acids is 3. The molecule has 3 aromatic rings. The first-order valence-corrected chi connectivity index (χ1v) is 12.9. The maximum absolute atomic E-state index is 13.2. The lowest BCUT2D eigenvalue weighted by Crippen LogP contribution is -2.47. The number of hydrogen-bond donors (Lipinski definition) is 1. The number of likely N-dealkylation sites (tertiary alicyclic amines) is 1. The fraction of sp³-hybridized carbons (Fsp3) is 0.440. The highest BCUT2D eigenvalue weighted by Crippen LogP contribution is 2.31. The molecule has 2 atom stereocenters. The molecule has 0 aliphatic carbocycles. The van der Waals surface area contributed by atoms with Gasteiger partial charge in [-0.05, 0) is 44.4 Å². The minimum atomic E-state index is -0.359. The molecule has 2 aliphatic heterocycles. The Morgan fingerprint density at radius 3 is 2.70 bits per heavy atom. The van der Waals surface area contributed by atoms with E-state index in [2.05, 4.69) is 19.2 Å². The van der Waals surface area contributed by atoms with Gasteiger partial charge in [0.15, 0.2) is 11.4 Å². The lowest BCUT2D eigenvalue weighted by Gasteiger charge is -2.25. The van der Waals surface area contributed by atoms with E-state index in [1.54, 1.807) is 24.8 Å². The summed E-state index contributed by atoms with van der Waals surface area (Å²) in [7, 11) is 0. The highest BCUT2D eigenvalue weighted by atomic mass is 32.1. The van der Waals surface area contributed by atoms with Crippen LogP contribution in [0.4, 0.5) is 0 Å². The molecule has 1 aromatic carbocycles. The molecule has 1 fully saturated rings. The third kappa shape index (κ3) is 5.48. The molecule has 194 valence electrons. The van der Waals surface area contributed by atoms with Gasteiger partial charge in [-0.2, -0.15) is 8.75 Å². The Morgan fingerprint density at radius 1 is 1.08 bits per heavy atom. The standard InChI is InChI=1S/C25H28N6O5S/c1-15-10-20(27-36-15)24(33)31-12-19-17-6-5-7-18(11-17)35-9-4-3-8-30(14-22(32)26-21(19)13-31)25(34)23-16(2)28-37-29-23/h5-7,10-11,19,21H,3-4,8-9,12-14H2,1-2H3,(H,26,32)/t19-,21+/m1/s1. The second kappa shape index (κ2) is 10.7. The van der Waals surface area contributed by atoms with E-state index in [0.717, 1.165) is 29.5 Å². The third-order valence-corrected chi connectivity index (χ3v) is 7.27. The van der Waals surface area contributed by atoms with Gasteiger partial charge in [-0.1, -0.05) is 17.3 Å². The van der Waals surface area contributed by atoms with E-state index >= 15 is 0 Å². The number of fused-ring (bicyclic) bond motifs is 4. The van der Waals surface area contributed by atoms with Gasteiger partial charge in [0.05, 0.1) is 36.6 Å². The van der Waals surface area contributed by atoms with E-state index in [4.69, 9.17) is 9.26 Å². The van der Waals surface area contributed by atoms with Crippen LogP contribution in [0, 0.1) is 13.8 Å². The fourth-order valence-electron chi connectivity index (χ4n) is 4.77. The molecule has 11 nitrogen and oxygen atoms in total. The number of ether oxygens (including phenoxy) is 1. The average molecular weight is 525 g/mol. The first kappa shape index (κ1) is 24.9. The Balaban J connectivity index is 1.40. The molecule has 0 unspecified atom stereocenters. The van der Waals surface area contributed by atoms with Gasteiger partial charge in [-0.15, -0.1) is 0 Å². The molecule has 4 heterocycles. The van der Waals surface area contributed by atoms with Crippen LogP contribution in [-0.2, 0) is 4.79 Å². The molecule has 0 saturated carbocycles. The van der Waals surface area contributed by atoms with Crippen LogP contribution in [0.2, 0.25) is 0 Å². The molecule has 37 heavy (non-hydrogen) atoms. The van der Waals surface area contributed by atoms with Crippen molar-refractivity contribution in [1.29, 1.82) is 0 Å². The minimum absolute atomic E-state index is 0.115. The molecular weight excluding hydrogens is 496 g/mol. The van der Waals surface area contributed by atoms with Crippen molar-refractivity contribution in [1.82, 2.24) is 29.0 Å². The van der Waals surface area contributed by atoms with Crippen LogP contribution in [-0.4, -0.2) is 80.3 Å². The topological polar surface area (TPSA) is 131 Å². The summed E-state index contributed by atoms with van der Waals surface area (Å²) in [6, 6.07) is 9.01. The summed E-state index contributed by atoms with van der Waals surface area (Å²) in [5, 5.41) is 6.95. The number of nitrogens with one attached hydrogen (secondary N) is 1. The maximum Gasteiger partial charge on any atom is 0.276 e. The number of rotatable bonds is 2. The molecule has 2 bridgehead atoms. The number of hydrogen-bond acceptors (Lipinski definition) is 9. The number of aromatic nitrogens is 3. The van der Waals surface area contributed by atoms with Crippen molar-refractivity contribution in [2.24, 2.45) is 0 Å². The molecule has 2 aromatic heterocycles. The van der Waals surface area contributed by atoms with Gasteiger partial charge in [0, 0.05) is 31.6 Å². The predicted octanol–water partition coefficient (Wildman–Crippen LogP) is 2.18. The summed E-state index contributed by atoms with van der Waals surface area (Å²) in [5.74, 6) is 0.248. The summed E-state index contributed by atoms with van der Waals surface area (Å²) in [6.45, 7) is 4.91. The van der Waals surface area contributed by atoms with Crippen molar-refractivity contribution >= 4 is 29.4 Å². The van der Waals surface area contributed by atoms with Gasteiger partial charge < -0.3 is 24.4 Å². The van der Waals surface area contributed by atoms with E-state index in [1.165, 1.54) is 4.90 Å². The Hall–Kier alpha value is -3.80. The van der Waals surface area contributed by atoms with Crippen LogP contribution >= 0.6 is 11.7 Å². The van der Waals surface area contributed by atoms with Gasteiger partial charge in [0.2, 0.25) is 5.91 Å². The Labute approximate surface area is 218 Å². The van der Waals surface area contributed by atoms with E-state index in [-0.39, 0.29) is 47.6 Å². The lowest BCUT2D eigenvalue weighted by atomic mass is 9.94. The van der Waals surface area contributed by atoms with Crippen LogP contribution in [0.3, 0.4) is 0 Å². The predicted molar refractivity (Wildman–Crippen MR) is 134 cm³/mol. The van der Waals surface area contributed by atoms with E-state index in [9.17, 15) is 14.4 Å². The molecule has 0 spiro atoms. The summed E-state index contributed by atoms with van der Waals surface area (Å²) < 4.78 is 19.3. The summed E-state index contributed by atoms with van der Waals surface area (Å²) >= 11 is 0.976. The van der Waals surface area contributed by atoms with Crippen LogP contribution in [0.1, 0.15) is 56.8 Å². The van der Waals surface area contributed by atoms with E-state index in [1.807, 2.05) is 24.3 Å². The van der Waals surface area contributed by atoms with Gasteiger partial charge >= 0.3 is 0 Å².